The molecule has 0 aliphatic carbocycles. The molecule has 0 spiro atoms. The SMILES string of the molecule is CC1(C)c2ccccc2P2c3ncccc3C(C)(C)c3cccc1c32. The fraction of sp³-hybridized carbons (Fsp3) is 0.261. The summed E-state index contributed by atoms with van der Waals surface area (Å²) in [7, 11) is -0.579. The van der Waals surface area contributed by atoms with Crippen molar-refractivity contribution in [3.63, 3.8) is 0 Å². The number of nitrogens with zero attached hydrogens (tertiary/aromatic N) is 1. The van der Waals surface area contributed by atoms with Gasteiger partial charge in [0, 0.05) is 24.9 Å². The Morgan fingerprint density at radius 1 is 0.680 bits per heavy atom. The first-order valence-corrected chi connectivity index (χ1v) is 10.3. The maximum Gasteiger partial charge on any atom is 0.0761 e. The summed E-state index contributed by atoms with van der Waals surface area (Å²) in [5.41, 5.74) is 7.14. The molecule has 0 bridgehead atoms. The predicted octanol–water partition coefficient (Wildman–Crippen LogP) is 4.12. The summed E-state index contributed by atoms with van der Waals surface area (Å²) in [4.78, 5) is 4.92. The van der Waals surface area contributed by atoms with Gasteiger partial charge in [-0.3, -0.25) is 4.98 Å². The summed E-state index contributed by atoms with van der Waals surface area (Å²) in [5, 5.41) is 3.04. The number of aromatic nitrogens is 1. The van der Waals surface area contributed by atoms with Crippen molar-refractivity contribution in [3.8, 4) is 0 Å². The summed E-state index contributed by atoms with van der Waals surface area (Å²) in [6.07, 6.45) is 1.97. The molecule has 0 saturated heterocycles. The van der Waals surface area contributed by atoms with Gasteiger partial charge >= 0.3 is 0 Å². The third kappa shape index (κ3) is 1.80. The number of fused-ring (bicyclic) bond motifs is 4. The normalized spacial score (nSPS) is 21.0. The average molecular weight is 343 g/mol. The van der Waals surface area contributed by atoms with E-state index < -0.39 is 7.92 Å². The van der Waals surface area contributed by atoms with E-state index in [1.54, 1.807) is 5.30 Å². The molecule has 1 nitrogen and oxygen atoms in total. The van der Waals surface area contributed by atoms with E-state index in [2.05, 4.69) is 82.3 Å². The monoisotopic (exact) mass is 343 g/mol. The van der Waals surface area contributed by atoms with Crippen molar-refractivity contribution in [3.05, 3.63) is 83.0 Å². The molecule has 0 radical (unpaired) electrons. The van der Waals surface area contributed by atoms with Gasteiger partial charge in [-0.2, -0.15) is 0 Å². The van der Waals surface area contributed by atoms with Gasteiger partial charge in [0.25, 0.3) is 0 Å². The topological polar surface area (TPSA) is 12.9 Å². The smallest absolute Gasteiger partial charge is 0.0761 e. The second-order valence-electron chi connectivity index (χ2n) is 8.18. The van der Waals surface area contributed by atoms with E-state index in [1.165, 1.54) is 33.0 Å². The quantitative estimate of drug-likeness (QED) is 0.560. The molecule has 2 aromatic carbocycles. The predicted molar refractivity (Wildman–Crippen MR) is 107 cm³/mol. The van der Waals surface area contributed by atoms with E-state index in [9.17, 15) is 0 Å². The summed E-state index contributed by atoms with van der Waals surface area (Å²) in [5.74, 6) is 0. The van der Waals surface area contributed by atoms with Crippen LogP contribution in [-0.2, 0) is 10.8 Å². The lowest BCUT2D eigenvalue weighted by Crippen LogP contribution is -2.49. The molecule has 2 aliphatic rings. The average Bonchev–Trinajstić information content (AvgIpc) is 2.61. The Hall–Kier alpha value is -1.98. The summed E-state index contributed by atoms with van der Waals surface area (Å²) in [6.45, 7) is 9.44. The van der Waals surface area contributed by atoms with Crippen LogP contribution >= 0.6 is 7.92 Å². The minimum absolute atomic E-state index is 0.00384. The third-order valence-electron chi connectivity index (χ3n) is 6.10. The molecule has 0 fully saturated rings. The fourth-order valence-corrected chi connectivity index (χ4v) is 8.16. The maximum atomic E-state index is 4.92. The zero-order valence-electron chi connectivity index (χ0n) is 15.2. The highest BCUT2D eigenvalue weighted by atomic mass is 31.1. The minimum atomic E-state index is -0.579. The number of hydrogen-bond acceptors (Lipinski definition) is 1. The fourth-order valence-electron chi connectivity index (χ4n) is 4.68. The van der Waals surface area contributed by atoms with Gasteiger partial charge in [-0.05, 0) is 38.9 Å². The first-order valence-electron chi connectivity index (χ1n) is 8.93. The Kier molecular flexibility index (Phi) is 2.94. The van der Waals surface area contributed by atoms with Crippen LogP contribution in [0.15, 0.2) is 60.8 Å². The molecule has 3 heterocycles. The van der Waals surface area contributed by atoms with E-state index in [0.717, 1.165) is 0 Å². The zero-order valence-corrected chi connectivity index (χ0v) is 16.1. The van der Waals surface area contributed by atoms with Crippen LogP contribution in [0, 0.1) is 0 Å². The van der Waals surface area contributed by atoms with Crippen molar-refractivity contribution < 1.29 is 0 Å². The zero-order chi connectivity index (χ0) is 17.4. The van der Waals surface area contributed by atoms with Crippen molar-refractivity contribution in [2.45, 2.75) is 38.5 Å². The van der Waals surface area contributed by atoms with Gasteiger partial charge in [-0.1, -0.05) is 76.2 Å². The molecule has 2 aliphatic heterocycles. The highest BCUT2D eigenvalue weighted by Gasteiger charge is 2.46. The molecule has 25 heavy (non-hydrogen) atoms. The first kappa shape index (κ1) is 15.3. The van der Waals surface area contributed by atoms with Gasteiger partial charge in [-0.25, -0.2) is 0 Å². The van der Waals surface area contributed by atoms with E-state index in [0.29, 0.717) is 0 Å². The Morgan fingerprint density at radius 2 is 1.28 bits per heavy atom. The molecule has 124 valence electrons. The minimum Gasteiger partial charge on any atom is -0.256 e. The first-order chi connectivity index (χ1) is 11.9. The van der Waals surface area contributed by atoms with Crippen molar-refractivity contribution >= 4 is 24.0 Å². The van der Waals surface area contributed by atoms with Crippen molar-refractivity contribution in [2.24, 2.45) is 0 Å². The molecule has 3 aromatic rings. The van der Waals surface area contributed by atoms with Crippen LogP contribution in [0.4, 0.5) is 0 Å². The van der Waals surface area contributed by atoms with Crippen LogP contribution in [0.25, 0.3) is 0 Å². The standard InChI is InChI=1S/C23H22NP/c1-22(2)15-9-5-6-13-19(15)25-20-16(22)10-7-11-17(20)23(3,4)18-12-8-14-24-21(18)25/h5-14H,1-4H3. The lowest BCUT2D eigenvalue weighted by Gasteiger charge is -2.46. The van der Waals surface area contributed by atoms with Crippen LogP contribution in [0.2, 0.25) is 0 Å². The van der Waals surface area contributed by atoms with Gasteiger partial charge in [0.05, 0.1) is 5.44 Å². The largest absolute Gasteiger partial charge is 0.256 e. The van der Waals surface area contributed by atoms with Gasteiger partial charge in [0.15, 0.2) is 0 Å². The van der Waals surface area contributed by atoms with Crippen LogP contribution in [0.3, 0.4) is 0 Å². The van der Waals surface area contributed by atoms with E-state index in [1.807, 2.05) is 6.20 Å². The maximum absolute atomic E-state index is 4.92. The lowest BCUT2D eigenvalue weighted by molar-refractivity contribution is 0.623. The molecule has 0 N–H and O–H groups in total. The Bertz CT molecular complexity index is 938. The van der Waals surface area contributed by atoms with Gasteiger partial charge in [0.2, 0.25) is 0 Å². The van der Waals surface area contributed by atoms with Crippen LogP contribution < -0.4 is 16.0 Å². The number of hydrogen-bond donors (Lipinski definition) is 0. The van der Waals surface area contributed by atoms with E-state index >= 15 is 0 Å². The molecule has 5 rings (SSSR count). The molecule has 1 aromatic heterocycles. The Morgan fingerprint density at radius 3 is 2.04 bits per heavy atom. The van der Waals surface area contributed by atoms with Crippen molar-refractivity contribution in [1.29, 1.82) is 0 Å². The van der Waals surface area contributed by atoms with Gasteiger partial charge < -0.3 is 0 Å². The Balaban J connectivity index is 1.97. The molecule has 1 unspecified atom stereocenters. The molecular formula is C23H22NP. The highest BCUT2D eigenvalue weighted by molar-refractivity contribution is 7.80. The number of pyridine rings is 1. The second-order valence-corrected chi connectivity index (χ2v) is 10.2. The molecule has 0 saturated carbocycles. The molecule has 0 amide bonds. The van der Waals surface area contributed by atoms with E-state index in [-0.39, 0.29) is 10.8 Å². The molecule has 2 heteroatoms. The summed E-state index contributed by atoms with van der Waals surface area (Å²) < 4.78 is 0. The van der Waals surface area contributed by atoms with Crippen molar-refractivity contribution in [1.82, 2.24) is 4.98 Å². The van der Waals surface area contributed by atoms with Gasteiger partial charge in [0.1, 0.15) is 0 Å². The van der Waals surface area contributed by atoms with E-state index in [4.69, 9.17) is 4.98 Å². The summed E-state index contributed by atoms with van der Waals surface area (Å²) in [6, 6.07) is 20.3. The lowest BCUT2D eigenvalue weighted by atomic mass is 9.72. The van der Waals surface area contributed by atoms with Crippen LogP contribution in [0.1, 0.15) is 49.9 Å². The van der Waals surface area contributed by atoms with Crippen molar-refractivity contribution in [2.75, 3.05) is 0 Å². The molecule has 1 atom stereocenters. The number of rotatable bonds is 0. The number of benzene rings is 2. The molecular weight excluding hydrogens is 321 g/mol. The second kappa shape index (κ2) is 4.80. The van der Waals surface area contributed by atoms with Crippen LogP contribution in [-0.4, -0.2) is 4.98 Å². The van der Waals surface area contributed by atoms with Gasteiger partial charge in [-0.15, -0.1) is 0 Å². The summed E-state index contributed by atoms with van der Waals surface area (Å²) >= 11 is 0. The Labute approximate surface area is 150 Å². The van der Waals surface area contributed by atoms with Crippen LogP contribution in [0.5, 0.6) is 0 Å². The highest BCUT2D eigenvalue weighted by Crippen LogP contribution is 2.53. The third-order valence-corrected chi connectivity index (χ3v) is 8.68.